The van der Waals surface area contributed by atoms with E-state index in [9.17, 15) is 0 Å². The Hall–Kier alpha value is -0.570. The van der Waals surface area contributed by atoms with Crippen molar-refractivity contribution in [1.82, 2.24) is 4.98 Å². The molecule has 3 heteroatoms. The molecule has 1 aromatic rings. The standard InChI is InChI=1S/C10H13BrN2/c1-7(2)13-6-5-8-3-4-9(11)12-10(8)13/h3-4,7H,5-6H2,1-2H3. The van der Waals surface area contributed by atoms with Gasteiger partial charge in [0.05, 0.1) is 0 Å². The number of aromatic nitrogens is 1. The van der Waals surface area contributed by atoms with Gasteiger partial charge >= 0.3 is 0 Å². The van der Waals surface area contributed by atoms with E-state index < -0.39 is 0 Å². The van der Waals surface area contributed by atoms with Crippen LogP contribution in [0.2, 0.25) is 0 Å². The second-order valence-electron chi connectivity index (χ2n) is 3.65. The van der Waals surface area contributed by atoms with Crippen molar-refractivity contribution in [2.75, 3.05) is 11.4 Å². The second-order valence-corrected chi connectivity index (χ2v) is 4.47. The molecular formula is C10H13BrN2. The molecule has 1 aliphatic rings. The number of fused-ring (bicyclic) bond motifs is 1. The zero-order chi connectivity index (χ0) is 9.42. The van der Waals surface area contributed by atoms with Crippen molar-refractivity contribution in [1.29, 1.82) is 0 Å². The van der Waals surface area contributed by atoms with E-state index in [0.717, 1.165) is 23.4 Å². The normalized spacial score (nSPS) is 15.2. The molecule has 0 amide bonds. The van der Waals surface area contributed by atoms with Gasteiger partial charge in [-0.25, -0.2) is 4.98 Å². The third kappa shape index (κ3) is 1.57. The molecule has 0 spiro atoms. The molecule has 13 heavy (non-hydrogen) atoms. The third-order valence-electron chi connectivity index (χ3n) is 2.44. The Morgan fingerprint density at radius 2 is 2.23 bits per heavy atom. The zero-order valence-electron chi connectivity index (χ0n) is 7.92. The molecule has 1 aromatic heterocycles. The molecule has 0 fully saturated rings. The van der Waals surface area contributed by atoms with Crippen LogP contribution in [0.25, 0.3) is 0 Å². The number of rotatable bonds is 1. The fraction of sp³-hybridized carbons (Fsp3) is 0.500. The lowest BCUT2D eigenvalue weighted by Crippen LogP contribution is -2.29. The molecule has 0 radical (unpaired) electrons. The summed E-state index contributed by atoms with van der Waals surface area (Å²) in [5, 5.41) is 0. The Morgan fingerprint density at radius 3 is 2.92 bits per heavy atom. The van der Waals surface area contributed by atoms with E-state index in [0.29, 0.717) is 6.04 Å². The third-order valence-corrected chi connectivity index (χ3v) is 2.88. The topological polar surface area (TPSA) is 16.1 Å². The Balaban J connectivity index is 2.40. The molecule has 0 saturated heterocycles. The Morgan fingerprint density at radius 1 is 1.46 bits per heavy atom. The summed E-state index contributed by atoms with van der Waals surface area (Å²) in [6.07, 6.45) is 1.13. The molecule has 2 heterocycles. The molecule has 0 saturated carbocycles. The van der Waals surface area contributed by atoms with Gasteiger partial charge in [-0.05, 0) is 47.8 Å². The summed E-state index contributed by atoms with van der Waals surface area (Å²) in [7, 11) is 0. The van der Waals surface area contributed by atoms with Crippen LogP contribution in [-0.4, -0.2) is 17.6 Å². The maximum atomic E-state index is 4.50. The van der Waals surface area contributed by atoms with E-state index in [2.05, 4.69) is 45.7 Å². The maximum absolute atomic E-state index is 4.50. The first kappa shape index (κ1) is 9.00. The van der Waals surface area contributed by atoms with Gasteiger partial charge in [0.15, 0.2) is 0 Å². The lowest BCUT2D eigenvalue weighted by molar-refractivity contribution is 0.702. The molecule has 2 nitrogen and oxygen atoms in total. The van der Waals surface area contributed by atoms with Crippen LogP contribution in [0.1, 0.15) is 19.4 Å². The largest absolute Gasteiger partial charge is 0.354 e. The summed E-state index contributed by atoms with van der Waals surface area (Å²) in [6, 6.07) is 4.72. The van der Waals surface area contributed by atoms with Crippen LogP contribution in [0.15, 0.2) is 16.7 Å². The molecule has 0 unspecified atom stereocenters. The average molecular weight is 241 g/mol. The highest BCUT2D eigenvalue weighted by Gasteiger charge is 2.22. The molecule has 2 rings (SSSR count). The van der Waals surface area contributed by atoms with E-state index in [1.807, 2.05) is 6.07 Å². The molecule has 0 atom stereocenters. The predicted molar refractivity (Wildman–Crippen MR) is 58.1 cm³/mol. The van der Waals surface area contributed by atoms with Gasteiger partial charge < -0.3 is 4.90 Å². The molecule has 0 aliphatic carbocycles. The van der Waals surface area contributed by atoms with Crippen molar-refractivity contribution in [3.05, 3.63) is 22.3 Å². The summed E-state index contributed by atoms with van der Waals surface area (Å²) < 4.78 is 0.929. The van der Waals surface area contributed by atoms with E-state index >= 15 is 0 Å². The zero-order valence-corrected chi connectivity index (χ0v) is 9.50. The van der Waals surface area contributed by atoms with E-state index in [4.69, 9.17) is 0 Å². The van der Waals surface area contributed by atoms with Gasteiger partial charge in [-0.3, -0.25) is 0 Å². The highest BCUT2D eigenvalue weighted by molar-refractivity contribution is 9.10. The number of anilines is 1. The molecule has 0 aromatic carbocycles. The van der Waals surface area contributed by atoms with Crippen LogP contribution < -0.4 is 4.90 Å². The summed E-state index contributed by atoms with van der Waals surface area (Å²) >= 11 is 3.40. The number of nitrogens with zero attached hydrogens (tertiary/aromatic N) is 2. The van der Waals surface area contributed by atoms with E-state index in [-0.39, 0.29) is 0 Å². The van der Waals surface area contributed by atoms with Crippen LogP contribution in [0.5, 0.6) is 0 Å². The lowest BCUT2D eigenvalue weighted by Gasteiger charge is -2.22. The smallest absolute Gasteiger partial charge is 0.133 e. The van der Waals surface area contributed by atoms with Gasteiger partial charge in [0.25, 0.3) is 0 Å². The van der Waals surface area contributed by atoms with Gasteiger partial charge in [-0.15, -0.1) is 0 Å². The Labute approximate surface area is 87.1 Å². The summed E-state index contributed by atoms with van der Waals surface area (Å²) in [4.78, 5) is 6.85. The maximum Gasteiger partial charge on any atom is 0.133 e. The minimum Gasteiger partial charge on any atom is -0.354 e. The predicted octanol–water partition coefficient (Wildman–Crippen LogP) is 2.62. The quantitative estimate of drug-likeness (QED) is 0.702. The van der Waals surface area contributed by atoms with Crippen LogP contribution in [0.4, 0.5) is 5.82 Å². The fourth-order valence-electron chi connectivity index (χ4n) is 1.75. The van der Waals surface area contributed by atoms with Crippen molar-refractivity contribution in [3.8, 4) is 0 Å². The first-order valence-corrected chi connectivity index (χ1v) is 5.40. The van der Waals surface area contributed by atoms with Crippen LogP contribution in [0.3, 0.4) is 0 Å². The minimum absolute atomic E-state index is 0.544. The van der Waals surface area contributed by atoms with Crippen LogP contribution >= 0.6 is 15.9 Å². The molecule has 0 bridgehead atoms. The number of halogens is 1. The average Bonchev–Trinajstić information content (AvgIpc) is 2.46. The van der Waals surface area contributed by atoms with Crippen molar-refractivity contribution in [2.24, 2.45) is 0 Å². The number of pyridine rings is 1. The van der Waals surface area contributed by atoms with Crippen LogP contribution in [0, 0.1) is 0 Å². The van der Waals surface area contributed by atoms with E-state index in [1.165, 1.54) is 5.56 Å². The monoisotopic (exact) mass is 240 g/mol. The summed E-state index contributed by atoms with van der Waals surface area (Å²) in [5.74, 6) is 1.16. The number of hydrogen-bond donors (Lipinski definition) is 0. The minimum atomic E-state index is 0.544. The summed E-state index contributed by atoms with van der Waals surface area (Å²) in [5.41, 5.74) is 1.37. The highest BCUT2D eigenvalue weighted by atomic mass is 79.9. The molecule has 0 N–H and O–H groups in total. The van der Waals surface area contributed by atoms with Gasteiger partial charge in [0.1, 0.15) is 10.4 Å². The fourth-order valence-corrected chi connectivity index (χ4v) is 2.05. The molecule has 1 aliphatic heterocycles. The Bertz CT molecular complexity index is 323. The molecule has 70 valence electrons. The van der Waals surface area contributed by atoms with Gasteiger partial charge in [-0.1, -0.05) is 6.07 Å². The first-order chi connectivity index (χ1) is 6.18. The van der Waals surface area contributed by atoms with E-state index in [1.54, 1.807) is 0 Å². The first-order valence-electron chi connectivity index (χ1n) is 4.60. The van der Waals surface area contributed by atoms with Gasteiger partial charge in [0, 0.05) is 12.6 Å². The van der Waals surface area contributed by atoms with Crippen molar-refractivity contribution in [2.45, 2.75) is 26.3 Å². The van der Waals surface area contributed by atoms with Gasteiger partial charge in [0.2, 0.25) is 0 Å². The number of hydrogen-bond acceptors (Lipinski definition) is 2. The SMILES string of the molecule is CC(C)N1CCc2ccc(Br)nc21. The van der Waals surface area contributed by atoms with Crippen LogP contribution in [-0.2, 0) is 6.42 Å². The molecular weight excluding hydrogens is 228 g/mol. The van der Waals surface area contributed by atoms with Crippen molar-refractivity contribution >= 4 is 21.7 Å². The Kier molecular flexibility index (Phi) is 2.28. The highest BCUT2D eigenvalue weighted by Crippen LogP contribution is 2.28. The lowest BCUT2D eigenvalue weighted by atomic mass is 10.2. The van der Waals surface area contributed by atoms with Crippen molar-refractivity contribution in [3.63, 3.8) is 0 Å². The van der Waals surface area contributed by atoms with Gasteiger partial charge in [-0.2, -0.15) is 0 Å². The second kappa shape index (κ2) is 3.29. The summed E-state index contributed by atoms with van der Waals surface area (Å²) in [6.45, 7) is 5.52. The van der Waals surface area contributed by atoms with Crippen molar-refractivity contribution < 1.29 is 0 Å².